The van der Waals surface area contributed by atoms with Crippen LogP contribution in [0.4, 0.5) is 4.79 Å². The van der Waals surface area contributed by atoms with Gasteiger partial charge in [0.1, 0.15) is 5.01 Å². The molecule has 16 heavy (non-hydrogen) atoms. The maximum Gasteiger partial charge on any atom is 0.315 e. The minimum Gasteiger partial charge on any atom is -0.334 e. The zero-order valence-corrected chi connectivity index (χ0v) is 11.0. The van der Waals surface area contributed by atoms with Gasteiger partial charge in [-0.3, -0.25) is 0 Å². The summed E-state index contributed by atoms with van der Waals surface area (Å²) in [6.45, 7) is 7.90. The van der Waals surface area contributed by atoms with E-state index < -0.39 is 0 Å². The van der Waals surface area contributed by atoms with E-state index in [9.17, 15) is 4.79 Å². The molecule has 2 N–H and O–H groups in total. The van der Waals surface area contributed by atoms with E-state index in [0.29, 0.717) is 0 Å². The molecular weight excluding hydrogens is 222 g/mol. The van der Waals surface area contributed by atoms with E-state index in [-0.39, 0.29) is 17.6 Å². The van der Waals surface area contributed by atoms with Crippen molar-refractivity contribution >= 4 is 17.4 Å². The van der Waals surface area contributed by atoms with Gasteiger partial charge in [-0.2, -0.15) is 0 Å². The van der Waals surface area contributed by atoms with E-state index in [2.05, 4.69) is 15.6 Å². The number of carbonyl (C=O) groups is 1. The van der Waals surface area contributed by atoms with Crippen molar-refractivity contribution in [3.63, 3.8) is 0 Å². The second-order valence-corrected chi connectivity index (χ2v) is 5.61. The summed E-state index contributed by atoms with van der Waals surface area (Å²) >= 11 is 1.56. The Kier molecular flexibility index (Phi) is 4.29. The Morgan fingerprint density at radius 3 is 2.69 bits per heavy atom. The summed E-state index contributed by atoms with van der Waals surface area (Å²) in [7, 11) is 0. The van der Waals surface area contributed by atoms with Crippen LogP contribution in [-0.4, -0.2) is 16.6 Å². The fourth-order valence-electron chi connectivity index (χ4n) is 1.28. The molecule has 0 radical (unpaired) electrons. The quantitative estimate of drug-likeness (QED) is 0.855. The molecule has 0 saturated carbocycles. The molecule has 0 aliphatic carbocycles. The van der Waals surface area contributed by atoms with E-state index in [0.717, 1.165) is 11.4 Å². The van der Waals surface area contributed by atoms with Gasteiger partial charge >= 0.3 is 6.03 Å². The number of aromatic nitrogens is 1. The van der Waals surface area contributed by atoms with Gasteiger partial charge in [-0.15, -0.1) is 11.3 Å². The topological polar surface area (TPSA) is 54.0 Å². The third kappa shape index (κ3) is 4.18. The van der Waals surface area contributed by atoms with Crippen molar-refractivity contribution < 1.29 is 4.79 Å². The Balaban J connectivity index is 2.55. The molecule has 1 aromatic heterocycles. The monoisotopic (exact) mass is 241 g/mol. The highest BCUT2D eigenvalue weighted by Crippen LogP contribution is 2.18. The SMILES string of the molecule is CCC(NC(=O)NC(C)(C)C)c1nccs1. The minimum atomic E-state index is -0.217. The zero-order chi connectivity index (χ0) is 12.2. The molecule has 0 fully saturated rings. The van der Waals surface area contributed by atoms with Crippen LogP contribution >= 0.6 is 11.3 Å². The normalized spacial score (nSPS) is 13.2. The van der Waals surface area contributed by atoms with Crippen LogP contribution in [0.25, 0.3) is 0 Å². The zero-order valence-electron chi connectivity index (χ0n) is 10.2. The van der Waals surface area contributed by atoms with Crippen molar-refractivity contribution in [3.8, 4) is 0 Å². The van der Waals surface area contributed by atoms with Crippen LogP contribution in [0.15, 0.2) is 11.6 Å². The number of carbonyl (C=O) groups excluding carboxylic acids is 1. The summed E-state index contributed by atoms with van der Waals surface area (Å²) in [4.78, 5) is 15.9. The molecule has 0 aliphatic heterocycles. The molecule has 0 aromatic carbocycles. The molecule has 5 heteroatoms. The van der Waals surface area contributed by atoms with E-state index in [1.54, 1.807) is 17.5 Å². The van der Waals surface area contributed by atoms with Crippen LogP contribution in [0.2, 0.25) is 0 Å². The first kappa shape index (κ1) is 13.0. The van der Waals surface area contributed by atoms with E-state index >= 15 is 0 Å². The molecule has 2 amide bonds. The van der Waals surface area contributed by atoms with Crippen molar-refractivity contribution in [1.29, 1.82) is 0 Å². The van der Waals surface area contributed by atoms with Gasteiger partial charge in [0.05, 0.1) is 6.04 Å². The van der Waals surface area contributed by atoms with Crippen LogP contribution in [-0.2, 0) is 0 Å². The lowest BCUT2D eigenvalue weighted by Crippen LogP contribution is -2.47. The lowest BCUT2D eigenvalue weighted by atomic mass is 10.1. The second-order valence-electron chi connectivity index (χ2n) is 4.68. The summed E-state index contributed by atoms with van der Waals surface area (Å²) in [5.41, 5.74) is -0.217. The first-order valence-corrected chi connectivity index (χ1v) is 6.28. The van der Waals surface area contributed by atoms with Gasteiger partial charge in [-0.05, 0) is 27.2 Å². The summed E-state index contributed by atoms with van der Waals surface area (Å²) < 4.78 is 0. The molecule has 1 unspecified atom stereocenters. The van der Waals surface area contributed by atoms with Crippen molar-refractivity contribution in [1.82, 2.24) is 15.6 Å². The number of rotatable bonds is 3. The lowest BCUT2D eigenvalue weighted by Gasteiger charge is -2.23. The first-order chi connectivity index (χ1) is 7.42. The molecule has 90 valence electrons. The van der Waals surface area contributed by atoms with Gasteiger partial charge in [0.25, 0.3) is 0 Å². The van der Waals surface area contributed by atoms with Gasteiger partial charge in [-0.25, -0.2) is 9.78 Å². The number of hydrogen-bond acceptors (Lipinski definition) is 3. The number of urea groups is 1. The molecule has 1 atom stereocenters. The van der Waals surface area contributed by atoms with E-state index in [1.165, 1.54) is 0 Å². The second kappa shape index (κ2) is 5.30. The first-order valence-electron chi connectivity index (χ1n) is 5.40. The summed E-state index contributed by atoms with van der Waals surface area (Å²) in [6.07, 6.45) is 2.59. The van der Waals surface area contributed by atoms with Gasteiger partial charge in [-0.1, -0.05) is 6.92 Å². The van der Waals surface area contributed by atoms with Crippen LogP contribution < -0.4 is 10.6 Å². The Morgan fingerprint density at radius 1 is 1.56 bits per heavy atom. The number of nitrogens with one attached hydrogen (secondary N) is 2. The van der Waals surface area contributed by atoms with Gasteiger partial charge < -0.3 is 10.6 Å². The van der Waals surface area contributed by atoms with Crippen LogP contribution in [0.5, 0.6) is 0 Å². The van der Waals surface area contributed by atoms with Crippen molar-refractivity contribution in [3.05, 3.63) is 16.6 Å². The number of amides is 2. The average Bonchev–Trinajstić information content (AvgIpc) is 2.63. The molecule has 0 bridgehead atoms. The van der Waals surface area contributed by atoms with Crippen molar-refractivity contribution in [2.24, 2.45) is 0 Å². The predicted molar refractivity (Wildman–Crippen MR) is 66.6 cm³/mol. The van der Waals surface area contributed by atoms with Crippen molar-refractivity contribution in [2.75, 3.05) is 0 Å². The lowest BCUT2D eigenvalue weighted by molar-refractivity contribution is 0.227. The van der Waals surface area contributed by atoms with Crippen LogP contribution in [0, 0.1) is 0 Å². The Bertz CT molecular complexity index is 329. The Hall–Kier alpha value is -1.10. The Morgan fingerprint density at radius 2 is 2.25 bits per heavy atom. The highest BCUT2D eigenvalue weighted by molar-refractivity contribution is 7.09. The molecular formula is C11H19N3OS. The molecule has 0 saturated heterocycles. The standard InChI is InChI=1S/C11H19N3OS/c1-5-8(9-12-6-7-16-9)13-10(15)14-11(2,3)4/h6-8H,5H2,1-4H3,(H2,13,14,15). The fraction of sp³-hybridized carbons (Fsp3) is 0.636. The van der Waals surface area contributed by atoms with Crippen molar-refractivity contribution in [2.45, 2.75) is 45.7 Å². The predicted octanol–water partition coefficient (Wildman–Crippen LogP) is 2.69. The van der Waals surface area contributed by atoms with Gasteiger partial charge in [0, 0.05) is 17.1 Å². The minimum absolute atomic E-state index is 0.00218. The third-order valence-electron chi connectivity index (χ3n) is 1.95. The maximum atomic E-state index is 11.7. The molecule has 0 aliphatic rings. The third-order valence-corrected chi connectivity index (χ3v) is 2.84. The molecule has 1 rings (SSSR count). The number of thiazole rings is 1. The molecule has 1 heterocycles. The molecule has 0 spiro atoms. The average molecular weight is 241 g/mol. The Labute approximate surface area is 100 Å². The largest absolute Gasteiger partial charge is 0.334 e. The summed E-state index contributed by atoms with van der Waals surface area (Å²) in [6, 6.07) is -0.142. The highest BCUT2D eigenvalue weighted by Gasteiger charge is 2.18. The molecule has 1 aromatic rings. The van der Waals surface area contributed by atoms with Gasteiger partial charge in [0.15, 0.2) is 0 Å². The summed E-state index contributed by atoms with van der Waals surface area (Å²) in [5, 5.41) is 8.66. The van der Waals surface area contributed by atoms with Crippen LogP contribution in [0.3, 0.4) is 0 Å². The molecule has 4 nitrogen and oxygen atoms in total. The van der Waals surface area contributed by atoms with E-state index in [4.69, 9.17) is 0 Å². The maximum absolute atomic E-state index is 11.7. The highest BCUT2D eigenvalue weighted by atomic mass is 32.1. The smallest absolute Gasteiger partial charge is 0.315 e. The number of hydrogen-bond donors (Lipinski definition) is 2. The fourth-order valence-corrected chi connectivity index (χ4v) is 2.05. The van der Waals surface area contributed by atoms with Crippen LogP contribution in [0.1, 0.15) is 45.2 Å². The van der Waals surface area contributed by atoms with E-state index in [1.807, 2.05) is 33.1 Å². The summed E-state index contributed by atoms with van der Waals surface area (Å²) in [5.74, 6) is 0. The number of nitrogens with zero attached hydrogens (tertiary/aromatic N) is 1. The van der Waals surface area contributed by atoms with Gasteiger partial charge in [0.2, 0.25) is 0 Å².